The number of nitrogens with zero attached hydrogens (tertiary/aromatic N) is 1. The largest absolute Gasteiger partial charge is 0.340 e. The Morgan fingerprint density at radius 2 is 2.23 bits per heavy atom. The van der Waals surface area contributed by atoms with Crippen LogP contribution < -0.4 is 5.32 Å². The minimum atomic E-state index is 0.366. The van der Waals surface area contributed by atoms with Crippen LogP contribution in [0.2, 0.25) is 0 Å². The van der Waals surface area contributed by atoms with E-state index in [0.29, 0.717) is 17.9 Å². The normalized spacial score (nSPS) is 29.9. The number of rotatable bonds is 1. The van der Waals surface area contributed by atoms with Crippen LogP contribution in [0.15, 0.2) is 0 Å². The Kier molecular flexibility index (Phi) is 2.54. The third-order valence-electron chi connectivity index (χ3n) is 3.13. The van der Waals surface area contributed by atoms with E-state index in [4.69, 9.17) is 0 Å². The first kappa shape index (κ1) is 9.00. The average Bonchev–Trinajstić information content (AvgIpc) is 2.01. The van der Waals surface area contributed by atoms with Crippen molar-refractivity contribution >= 4 is 5.91 Å². The van der Waals surface area contributed by atoms with Gasteiger partial charge in [0.05, 0.1) is 0 Å². The molecule has 3 heteroatoms. The quantitative estimate of drug-likeness (QED) is 0.644. The molecule has 1 saturated heterocycles. The fraction of sp³-hybridized carbons (Fsp3) is 0.900. The Balaban J connectivity index is 1.87. The van der Waals surface area contributed by atoms with Gasteiger partial charge in [0.25, 0.3) is 0 Å². The van der Waals surface area contributed by atoms with E-state index in [2.05, 4.69) is 12.2 Å². The van der Waals surface area contributed by atoms with Crippen LogP contribution in [0.3, 0.4) is 0 Å². The fourth-order valence-corrected chi connectivity index (χ4v) is 2.05. The van der Waals surface area contributed by atoms with Crippen molar-refractivity contribution in [1.29, 1.82) is 0 Å². The molecular weight excluding hydrogens is 164 g/mol. The van der Waals surface area contributed by atoms with E-state index < -0.39 is 0 Å². The maximum Gasteiger partial charge on any atom is 0.225 e. The highest BCUT2D eigenvalue weighted by atomic mass is 16.2. The topological polar surface area (TPSA) is 32.3 Å². The molecule has 1 N–H and O–H groups in total. The van der Waals surface area contributed by atoms with E-state index >= 15 is 0 Å². The molecule has 2 rings (SSSR count). The van der Waals surface area contributed by atoms with Gasteiger partial charge in [-0.3, -0.25) is 4.79 Å². The molecule has 74 valence electrons. The molecule has 2 aliphatic rings. The number of carbonyl (C=O) groups is 1. The summed E-state index contributed by atoms with van der Waals surface area (Å²) < 4.78 is 0. The van der Waals surface area contributed by atoms with Gasteiger partial charge in [0, 0.05) is 31.6 Å². The highest BCUT2D eigenvalue weighted by Crippen LogP contribution is 2.28. The van der Waals surface area contributed by atoms with Gasteiger partial charge in [-0.1, -0.05) is 6.42 Å². The van der Waals surface area contributed by atoms with Gasteiger partial charge in [0.1, 0.15) is 0 Å². The summed E-state index contributed by atoms with van der Waals surface area (Å²) in [5, 5.41) is 3.35. The van der Waals surface area contributed by atoms with Crippen LogP contribution in [-0.2, 0) is 4.79 Å². The molecule has 13 heavy (non-hydrogen) atoms. The first-order valence-corrected chi connectivity index (χ1v) is 5.29. The van der Waals surface area contributed by atoms with Gasteiger partial charge in [0.2, 0.25) is 5.91 Å². The number of nitrogens with one attached hydrogen (secondary N) is 1. The summed E-state index contributed by atoms with van der Waals surface area (Å²) in [5.41, 5.74) is 0. The van der Waals surface area contributed by atoms with Crippen LogP contribution in [0, 0.1) is 5.92 Å². The van der Waals surface area contributed by atoms with Gasteiger partial charge in [0.15, 0.2) is 0 Å². The number of amides is 1. The summed E-state index contributed by atoms with van der Waals surface area (Å²) in [5.74, 6) is 0.768. The van der Waals surface area contributed by atoms with Crippen LogP contribution in [0.5, 0.6) is 0 Å². The van der Waals surface area contributed by atoms with Crippen molar-refractivity contribution in [2.24, 2.45) is 5.92 Å². The third-order valence-corrected chi connectivity index (χ3v) is 3.13. The predicted molar refractivity (Wildman–Crippen MR) is 51.4 cm³/mol. The lowest BCUT2D eigenvalue weighted by molar-refractivity contribution is -0.139. The molecule has 1 amide bonds. The zero-order chi connectivity index (χ0) is 9.26. The molecule has 2 fully saturated rings. The van der Waals surface area contributed by atoms with E-state index in [1.807, 2.05) is 4.90 Å². The maximum atomic E-state index is 11.8. The van der Waals surface area contributed by atoms with Gasteiger partial charge in [-0.05, 0) is 19.8 Å². The van der Waals surface area contributed by atoms with Gasteiger partial charge < -0.3 is 10.2 Å². The molecular formula is C10H18N2O. The van der Waals surface area contributed by atoms with Gasteiger partial charge in [-0.25, -0.2) is 0 Å². The highest BCUT2D eigenvalue weighted by Gasteiger charge is 2.30. The SMILES string of the molecule is C[C@H]1CN(C(=O)C2CCC2)CCN1. The summed E-state index contributed by atoms with van der Waals surface area (Å²) in [6, 6.07) is 0.470. The molecule has 0 unspecified atom stereocenters. The zero-order valence-electron chi connectivity index (χ0n) is 8.25. The zero-order valence-corrected chi connectivity index (χ0v) is 8.25. The average molecular weight is 182 g/mol. The van der Waals surface area contributed by atoms with Gasteiger partial charge >= 0.3 is 0 Å². The Hall–Kier alpha value is -0.570. The van der Waals surface area contributed by atoms with Crippen molar-refractivity contribution in [3.63, 3.8) is 0 Å². The molecule has 0 radical (unpaired) electrons. The minimum Gasteiger partial charge on any atom is -0.340 e. The Morgan fingerprint density at radius 3 is 2.77 bits per heavy atom. The smallest absolute Gasteiger partial charge is 0.225 e. The number of carbonyl (C=O) groups excluding carboxylic acids is 1. The molecule has 0 bridgehead atoms. The minimum absolute atomic E-state index is 0.366. The first-order valence-electron chi connectivity index (χ1n) is 5.29. The summed E-state index contributed by atoms with van der Waals surface area (Å²) >= 11 is 0. The number of hydrogen-bond acceptors (Lipinski definition) is 2. The van der Waals surface area contributed by atoms with Crippen LogP contribution in [0.1, 0.15) is 26.2 Å². The first-order chi connectivity index (χ1) is 6.27. The molecule has 0 aromatic carbocycles. The van der Waals surface area contributed by atoms with E-state index in [-0.39, 0.29) is 0 Å². The van der Waals surface area contributed by atoms with Gasteiger partial charge in [-0.15, -0.1) is 0 Å². The summed E-state index contributed by atoms with van der Waals surface area (Å²) in [4.78, 5) is 13.9. The summed E-state index contributed by atoms with van der Waals surface area (Å²) in [6.07, 6.45) is 3.49. The van der Waals surface area contributed by atoms with Crippen molar-refractivity contribution in [2.75, 3.05) is 19.6 Å². The van der Waals surface area contributed by atoms with Crippen LogP contribution in [0.4, 0.5) is 0 Å². The summed E-state index contributed by atoms with van der Waals surface area (Å²) in [7, 11) is 0. The van der Waals surface area contributed by atoms with Crippen molar-refractivity contribution < 1.29 is 4.79 Å². The monoisotopic (exact) mass is 182 g/mol. The van der Waals surface area contributed by atoms with Crippen LogP contribution in [-0.4, -0.2) is 36.5 Å². The van der Waals surface area contributed by atoms with Crippen LogP contribution in [0.25, 0.3) is 0 Å². The lowest BCUT2D eigenvalue weighted by Crippen LogP contribution is -2.53. The molecule has 1 saturated carbocycles. The van der Waals surface area contributed by atoms with Crippen molar-refractivity contribution in [3.05, 3.63) is 0 Å². The number of hydrogen-bond donors (Lipinski definition) is 1. The molecule has 1 heterocycles. The van der Waals surface area contributed by atoms with Crippen molar-refractivity contribution in [1.82, 2.24) is 10.2 Å². The van der Waals surface area contributed by atoms with E-state index in [1.165, 1.54) is 6.42 Å². The van der Waals surface area contributed by atoms with Gasteiger partial charge in [-0.2, -0.15) is 0 Å². The van der Waals surface area contributed by atoms with Crippen LogP contribution >= 0.6 is 0 Å². The van der Waals surface area contributed by atoms with Crippen molar-refractivity contribution in [2.45, 2.75) is 32.2 Å². The number of piperazine rings is 1. The predicted octanol–water partition coefficient (Wildman–Crippen LogP) is 0.607. The van der Waals surface area contributed by atoms with Crippen molar-refractivity contribution in [3.8, 4) is 0 Å². The van der Waals surface area contributed by atoms with E-state index in [1.54, 1.807) is 0 Å². The second kappa shape index (κ2) is 3.66. The molecule has 0 aromatic heterocycles. The Bertz CT molecular complexity index is 201. The Labute approximate surface area is 79.5 Å². The molecule has 1 aliphatic heterocycles. The Morgan fingerprint density at radius 1 is 1.46 bits per heavy atom. The lowest BCUT2D eigenvalue weighted by Gasteiger charge is -2.36. The second-order valence-electron chi connectivity index (χ2n) is 4.27. The highest BCUT2D eigenvalue weighted by molar-refractivity contribution is 5.79. The third kappa shape index (κ3) is 1.85. The molecule has 1 atom stereocenters. The van der Waals surface area contributed by atoms with E-state index in [0.717, 1.165) is 32.5 Å². The standard InChI is InChI=1S/C10H18N2O/c1-8-7-12(6-5-11-8)10(13)9-3-2-4-9/h8-9,11H,2-7H2,1H3/t8-/m0/s1. The molecule has 0 aromatic rings. The molecule has 0 spiro atoms. The lowest BCUT2D eigenvalue weighted by atomic mass is 9.84. The summed E-state index contributed by atoms with van der Waals surface area (Å²) in [6.45, 7) is 4.90. The molecule has 3 nitrogen and oxygen atoms in total. The maximum absolute atomic E-state index is 11.8. The molecule has 1 aliphatic carbocycles. The van der Waals surface area contributed by atoms with E-state index in [9.17, 15) is 4.79 Å². The fourth-order valence-electron chi connectivity index (χ4n) is 2.05. The second-order valence-corrected chi connectivity index (χ2v) is 4.27.